The second kappa shape index (κ2) is 10.8. The molecule has 5 aromatic rings. The van der Waals surface area contributed by atoms with Crippen molar-refractivity contribution in [3.8, 4) is 11.1 Å². The highest BCUT2D eigenvalue weighted by Gasteiger charge is 2.34. The van der Waals surface area contributed by atoms with E-state index in [1.54, 1.807) is 35.1 Å². The molecule has 1 unspecified atom stereocenters. The summed E-state index contributed by atoms with van der Waals surface area (Å²) >= 11 is 0. The number of aromatic nitrogens is 2. The number of hydrogen-bond acceptors (Lipinski definition) is 3. The van der Waals surface area contributed by atoms with E-state index in [1.165, 1.54) is 18.2 Å². The standard InChI is InChI=1S/C33H26F3N3O3/c34-33(35,36)27-8-4-5-20(15-27)19-39-30-26(18-37-39)16-25(21-6-2-1-3-7-21)17-28(30)31(40)38-29(22-9-10-22)23-11-13-24(14-12-23)32(41)42/h1-8,11-18,22,29H,9-10,19H2,(H,38,40)(H,41,42). The van der Waals surface area contributed by atoms with Gasteiger partial charge in [-0.25, -0.2) is 4.79 Å². The second-order valence-electron chi connectivity index (χ2n) is 10.5. The number of hydrogen-bond donors (Lipinski definition) is 2. The minimum atomic E-state index is -4.47. The topological polar surface area (TPSA) is 84.2 Å². The Kier molecular flexibility index (Phi) is 7.02. The van der Waals surface area contributed by atoms with Gasteiger partial charge >= 0.3 is 12.1 Å². The number of carboxylic acid groups (broad SMARTS) is 1. The summed E-state index contributed by atoms with van der Waals surface area (Å²) in [4.78, 5) is 25.4. The van der Waals surface area contributed by atoms with Crippen molar-refractivity contribution >= 4 is 22.8 Å². The van der Waals surface area contributed by atoms with Gasteiger partial charge in [0.25, 0.3) is 5.91 Å². The first-order chi connectivity index (χ1) is 20.2. The largest absolute Gasteiger partial charge is 0.478 e. The highest BCUT2D eigenvalue weighted by atomic mass is 19.4. The number of carbonyl (C=O) groups is 2. The molecule has 1 aliphatic rings. The quantitative estimate of drug-likeness (QED) is 0.205. The first-order valence-electron chi connectivity index (χ1n) is 13.5. The third-order valence-electron chi connectivity index (χ3n) is 7.57. The number of carboxylic acids is 1. The molecule has 0 spiro atoms. The van der Waals surface area contributed by atoms with Crippen LogP contribution in [0.15, 0.2) is 97.2 Å². The Labute approximate surface area is 239 Å². The van der Waals surface area contributed by atoms with Gasteiger partial charge in [0.1, 0.15) is 0 Å². The molecule has 1 aromatic heterocycles. The molecule has 1 amide bonds. The van der Waals surface area contributed by atoms with E-state index >= 15 is 0 Å². The first kappa shape index (κ1) is 27.3. The summed E-state index contributed by atoms with van der Waals surface area (Å²) in [6.45, 7) is 0.0427. The van der Waals surface area contributed by atoms with E-state index in [-0.39, 0.29) is 30.0 Å². The molecule has 212 valence electrons. The van der Waals surface area contributed by atoms with Crippen LogP contribution in [0.4, 0.5) is 13.2 Å². The molecule has 6 nitrogen and oxygen atoms in total. The van der Waals surface area contributed by atoms with E-state index in [0.29, 0.717) is 22.0 Å². The molecule has 1 fully saturated rings. The van der Waals surface area contributed by atoms with E-state index in [2.05, 4.69) is 10.4 Å². The van der Waals surface area contributed by atoms with Crippen LogP contribution in [0.3, 0.4) is 0 Å². The lowest BCUT2D eigenvalue weighted by atomic mass is 9.98. The van der Waals surface area contributed by atoms with Crippen LogP contribution >= 0.6 is 0 Å². The van der Waals surface area contributed by atoms with Crippen LogP contribution in [0.2, 0.25) is 0 Å². The number of fused-ring (bicyclic) bond motifs is 1. The molecule has 9 heteroatoms. The van der Waals surface area contributed by atoms with E-state index in [9.17, 15) is 27.9 Å². The number of rotatable bonds is 8. The third-order valence-corrected chi connectivity index (χ3v) is 7.57. The number of aromatic carboxylic acids is 1. The zero-order valence-electron chi connectivity index (χ0n) is 22.3. The van der Waals surface area contributed by atoms with Gasteiger partial charge in [-0.15, -0.1) is 0 Å². The maximum atomic E-state index is 14.0. The molecule has 1 saturated carbocycles. The molecule has 1 heterocycles. The lowest BCUT2D eigenvalue weighted by Crippen LogP contribution is -2.30. The number of nitrogens with one attached hydrogen (secondary N) is 1. The minimum absolute atomic E-state index is 0.0427. The molecule has 0 aliphatic heterocycles. The number of benzene rings is 4. The van der Waals surface area contributed by atoms with Crippen LogP contribution < -0.4 is 5.32 Å². The fraction of sp³-hybridized carbons (Fsp3) is 0.182. The van der Waals surface area contributed by atoms with Gasteiger partial charge in [-0.3, -0.25) is 9.48 Å². The van der Waals surface area contributed by atoms with Crippen molar-refractivity contribution in [3.63, 3.8) is 0 Å². The molecule has 1 atom stereocenters. The van der Waals surface area contributed by atoms with Crippen LogP contribution in [0, 0.1) is 5.92 Å². The lowest BCUT2D eigenvalue weighted by molar-refractivity contribution is -0.137. The molecule has 0 bridgehead atoms. The van der Waals surface area contributed by atoms with Gasteiger partial charge in [0, 0.05) is 5.39 Å². The summed E-state index contributed by atoms with van der Waals surface area (Å²) in [5.41, 5.74) is 3.20. The maximum absolute atomic E-state index is 14.0. The van der Waals surface area contributed by atoms with Crippen molar-refractivity contribution in [3.05, 3.63) is 125 Å². The molecule has 4 aromatic carbocycles. The summed E-state index contributed by atoms with van der Waals surface area (Å²) in [6, 6.07) is 24.5. The van der Waals surface area contributed by atoms with Crippen molar-refractivity contribution in [2.45, 2.75) is 31.6 Å². The third kappa shape index (κ3) is 5.63. The Hall–Kier alpha value is -4.92. The summed E-state index contributed by atoms with van der Waals surface area (Å²) < 4.78 is 41.6. The average Bonchev–Trinajstić information content (AvgIpc) is 3.76. The zero-order chi connectivity index (χ0) is 29.4. The van der Waals surface area contributed by atoms with Gasteiger partial charge in [-0.1, -0.05) is 54.6 Å². The fourth-order valence-corrected chi connectivity index (χ4v) is 5.30. The van der Waals surface area contributed by atoms with Crippen molar-refractivity contribution in [2.75, 3.05) is 0 Å². The Morgan fingerprint density at radius 3 is 2.33 bits per heavy atom. The summed E-state index contributed by atoms with van der Waals surface area (Å²) in [5.74, 6) is -1.15. The Morgan fingerprint density at radius 2 is 1.67 bits per heavy atom. The van der Waals surface area contributed by atoms with Crippen molar-refractivity contribution in [2.24, 2.45) is 5.92 Å². The van der Waals surface area contributed by atoms with Crippen LogP contribution in [-0.2, 0) is 12.7 Å². The fourth-order valence-electron chi connectivity index (χ4n) is 5.30. The summed E-state index contributed by atoms with van der Waals surface area (Å²) in [5, 5.41) is 17.6. The van der Waals surface area contributed by atoms with Gasteiger partial charge in [0.15, 0.2) is 0 Å². The lowest BCUT2D eigenvalue weighted by Gasteiger charge is -2.20. The Morgan fingerprint density at radius 1 is 0.929 bits per heavy atom. The molecular weight excluding hydrogens is 543 g/mol. The van der Waals surface area contributed by atoms with Crippen LogP contribution in [0.1, 0.15) is 56.3 Å². The van der Waals surface area contributed by atoms with Gasteiger partial charge < -0.3 is 10.4 Å². The predicted octanol–water partition coefficient (Wildman–Crippen LogP) is 7.35. The van der Waals surface area contributed by atoms with Crippen LogP contribution in [-0.4, -0.2) is 26.8 Å². The van der Waals surface area contributed by atoms with Crippen LogP contribution in [0.5, 0.6) is 0 Å². The van der Waals surface area contributed by atoms with E-state index in [1.807, 2.05) is 36.4 Å². The van der Waals surface area contributed by atoms with Gasteiger partial charge in [0.2, 0.25) is 0 Å². The molecule has 0 saturated heterocycles. The molecule has 42 heavy (non-hydrogen) atoms. The SMILES string of the molecule is O=C(O)c1ccc(C(NC(=O)c2cc(-c3ccccc3)cc3cnn(Cc4cccc(C(F)(F)F)c4)c23)C2CC2)cc1. The maximum Gasteiger partial charge on any atom is 0.416 e. The van der Waals surface area contributed by atoms with E-state index in [4.69, 9.17) is 0 Å². The normalized spacial score (nSPS) is 14.1. The van der Waals surface area contributed by atoms with Crippen LogP contribution in [0.25, 0.3) is 22.0 Å². The molecular formula is C33H26F3N3O3. The molecule has 0 radical (unpaired) electrons. The van der Waals surface area contributed by atoms with Gasteiger partial charge in [0.05, 0.1) is 41.0 Å². The molecule has 1 aliphatic carbocycles. The van der Waals surface area contributed by atoms with E-state index in [0.717, 1.165) is 41.7 Å². The minimum Gasteiger partial charge on any atom is -0.478 e. The number of carbonyl (C=O) groups excluding carboxylic acids is 1. The molecule has 6 rings (SSSR count). The number of halogens is 3. The average molecular weight is 570 g/mol. The number of amides is 1. The van der Waals surface area contributed by atoms with Gasteiger partial charge in [-0.2, -0.15) is 18.3 Å². The van der Waals surface area contributed by atoms with Crippen molar-refractivity contribution in [1.82, 2.24) is 15.1 Å². The number of alkyl halides is 3. The first-order valence-corrected chi connectivity index (χ1v) is 13.5. The number of nitrogens with zero attached hydrogens (tertiary/aromatic N) is 2. The predicted molar refractivity (Wildman–Crippen MR) is 152 cm³/mol. The highest BCUT2D eigenvalue weighted by molar-refractivity contribution is 6.07. The second-order valence-corrected chi connectivity index (χ2v) is 10.5. The smallest absolute Gasteiger partial charge is 0.416 e. The zero-order valence-corrected chi connectivity index (χ0v) is 22.3. The summed E-state index contributed by atoms with van der Waals surface area (Å²) in [6.07, 6.45) is -0.995. The Bertz CT molecular complexity index is 1780. The summed E-state index contributed by atoms with van der Waals surface area (Å²) in [7, 11) is 0. The highest BCUT2D eigenvalue weighted by Crippen LogP contribution is 2.41. The Balaban J connectivity index is 1.40. The van der Waals surface area contributed by atoms with Crippen molar-refractivity contribution < 1.29 is 27.9 Å². The van der Waals surface area contributed by atoms with Gasteiger partial charge in [-0.05, 0) is 77.4 Å². The van der Waals surface area contributed by atoms with E-state index < -0.39 is 17.7 Å². The van der Waals surface area contributed by atoms with Crippen molar-refractivity contribution in [1.29, 1.82) is 0 Å². The molecule has 2 N–H and O–H groups in total. The monoisotopic (exact) mass is 569 g/mol.